The Morgan fingerprint density at radius 2 is 2.04 bits per heavy atom. The molecule has 0 radical (unpaired) electrons. The number of carbonyl (C=O) groups is 2. The Morgan fingerprint density at radius 1 is 1.30 bits per heavy atom. The molecule has 0 aromatic heterocycles. The number of ether oxygens (including phenoxy) is 4. The van der Waals surface area contributed by atoms with Gasteiger partial charge >= 0.3 is 12.1 Å². The molecular formula is C18H23N3O6. The fourth-order valence-electron chi connectivity index (χ4n) is 3.18. The molecule has 146 valence electrons. The van der Waals surface area contributed by atoms with Crippen molar-refractivity contribution in [1.82, 2.24) is 5.32 Å². The fraction of sp³-hybridized carbons (Fsp3) is 0.556. The molecule has 3 atom stereocenters. The largest absolute Gasteiger partial charge is 0.466 e. The van der Waals surface area contributed by atoms with Crippen LogP contribution in [0.25, 0.3) is 0 Å². The molecule has 0 spiro atoms. The van der Waals surface area contributed by atoms with Gasteiger partial charge in [-0.25, -0.2) is 9.59 Å². The van der Waals surface area contributed by atoms with E-state index in [1.165, 1.54) is 7.11 Å². The molecule has 1 saturated heterocycles. The Bertz CT molecular complexity index is 723. The van der Waals surface area contributed by atoms with E-state index in [0.29, 0.717) is 0 Å². The van der Waals surface area contributed by atoms with Crippen LogP contribution in [0, 0.1) is 5.92 Å². The van der Waals surface area contributed by atoms with Crippen LogP contribution in [-0.4, -0.2) is 49.9 Å². The third-order valence-corrected chi connectivity index (χ3v) is 4.52. The average Bonchev–Trinajstić information content (AvgIpc) is 3.23. The van der Waals surface area contributed by atoms with Crippen molar-refractivity contribution in [1.29, 1.82) is 0 Å². The summed E-state index contributed by atoms with van der Waals surface area (Å²) in [4.78, 5) is 24.9. The monoisotopic (exact) mass is 377 g/mol. The topological polar surface area (TPSA) is 108 Å². The van der Waals surface area contributed by atoms with Crippen molar-refractivity contribution in [3.05, 3.63) is 35.9 Å². The zero-order valence-electron chi connectivity index (χ0n) is 15.5. The average molecular weight is 377 g/mol. The Morgan fingerprint density at radius 3 is 2.67 bits per heavy atom. The summed E-state index contributed by atoms with van der Waals surface area (Å²) in [5, 5.41) is 10.5. The molecule has 1 fully saturated rings. The van der Waals surface area contributed by atoms with Gasteiger partial charge in [-0.3, -0.25) is 5.32 Å². The quantitative estimate of drug-likeness (QED) is 0.787. The van der Waals surface area contributed by atoms with Crippen molar-refractivity contribution in [3.63, 3.8) is 0 Å². The van der Waals surface area contributed by atoms with E-state index in [-0.39, 0.29) is 19.8 Å². The second kappa shape index (κ2) is 7.61. The number of amides is 1. The number of rotatable bonds is 5. The number of carbonyl (C=O) groups excluding carboxylic acids is 2. The Balaban J connectivity index is 1.73. The zero-order chi connectivity index (χ0) is 19.5. The molecule has 0 bridgehead atoms. The van der Waals surface area contributed by atoms with Gasteiger partial charge < -0.3 is 18.9 Å². The molecule has 2 aliphatic rings. The molecular weight excluding hydrogens is 354 g/mol. The molecule has 0 unspecified atom stereocenters. The molecule has 1 N–H and O–H groups in total. The van der Waals surface area contributed by atoms with E-state index < -0.39 is 35.5 Å². The number of esters is 1. The highest BCUT2D eigenvalue weighted by molar-refractivity contribution is 5.86. The second-order valence-electron chi connectivity index (χ2n) is 6.84. The lowest BCUT2D eigenvalue weighted by Crippen LogP contribution is -2.60. The van der Waals surface area contributed by atoms with Gasteiger partial charge in [0.1, 0.15) is 6.61 Å². The van der Waals surface area contributed by atoms with Gasteiger partial charge in [-0.15, -0.1) is 0 Å². The number of hydrogen-bond acceptors (Lipinski definition) is 8. The molecule has 1 amide bonds. The van der Waals surface area contributed by atoms with Gasteiger partial charge in [0, 0.05) is 0 Å². The fourth-order valence-corrected chi connectivity index (χ4v) is 3.18. The van der Waals surface area contributed by atoms with Crippen molar-refractivity contribution in [2.75, 3.05) is 20.3 Å². The summed E-state index contributed by atoms with van der Waals surface area (Å²) in [6, 6.07) is 9.20. The zero-order valence-corrected chi connectivity index (χ0v) is 15.5. The highest BCUT2D eigenvalue weighted by Crippen LogP contribution is 2.37. The van der Waals surface area contributed by atoms with Crippen LogP contribution in [0.3, 0.4) is 0 Å². The van der Waals surface area contributed by atoms with E-state index in [1.54, 1.807) is 13.8 Å². The standard InChI is InChI=1S/C18H23N3O6/c1-17(2)26-11-14(27-17)13-9-19-21-18(13,15(22)24-3)20-16(23)25-10-12-7-5-4-6-8-12/h4-8,13-14H,9-11H2,1-3H3,(H,20,23)/t13-,14+,18-/m0/s1. The first-order valence-corrected chi connectivity index (χ1v) is 8.64. The van der Waals surface area contributed by atoms with E-state index in [1.807, 2.05) is 30.3 Å². The number of hydrogen-bond donors (Lipinski definition) is 1. The lowest BCUT2D eigenvalue weighted by atomic mass is 9.89. The lowest BCUT2D eigenvalue weighted by molar-refractivity contribution is -0.160. The first-order chi connectivity index (χ1) is 12.9. The minimum Gasteiger partial charge on any atom is -0.466 e. The minimum absolute atomic E-state index is 0.0573. The van der Waals surface area contributed by atoms with E-state index in [2.05, 4.69) is 15.5 Å². The van der Waals surface area contributed by atoms with Crippen molar-refractivity contribution in [3.8, 4) is 0 Å². The third-order valence-electron chi connectivity index (χ3n) is 4.52. The Labute approximate surface area is 157 Å². The van der Waals surface area contributed by atoms with Crippen molar-refractivity contribution in [2.24, 2.45) is 16.1 Å². The third kappa shape index (κ3) is 4.09. The summed E-state index contributed by atoms with van der Waals surface area (Å²) < 4.78 is 21.5. The van der Waals surface area contributed by atoms with Gasteiger partial charge in [-0.1, -0.05) is 30.3 Å². The van der Waals surface area contributed by atoms with Crippen LogP contribution in [0.1, 0.15) is 19.4 Å². The van der Waals surface area contributed by atoms with Crippen LogP contribution in [0.15, 0.2) is 40.6 Å². The van der Waals surface area contributed by atoms with Gasteiger partial charge in [-0.2, -0.15) is 10.2 Å². The number of methoxy groups -OCH3 is 1. The summed E-state index contributed by atoms with van der Waals surface area (Å²) in [7, 11) is 1.22. The van der Waals surface area contributed by atoms with Crippen LogP contribution in [-0.2, 0) is 30.3 Å². The second-order valence-corrected chi connectivity index (χ2v) is 6.84. The maximum Gasteiger partial charge on any atom is 0.409 e. The molecule has 2 heterocycles. The Kier molecular flexibility index (Phi) is 5.43. The molecule has 3 rings (SSSR count). The number of nitrogens with zero attached hydrogens (tertiary/aromatic N) is 2. The summed E-state index contributed by atoms with van der Waals surface area (Å²) in [5.74, 6) is -2.10. The van der Waals surface area contributed by atoms with Crippen LogP contribution < -0.4 is 5.32 Å². The van der Waals surface area contributed by atoms with E-state index in [4.69, 9.17) is 18.9 Å². The molecule has 1 aromatic carbocycles. The molecule has 27 heavy (non-hydrogen) atoms. The molecule has 9 nitrogen and oxygen atoms in total. The first kappa shape index (κ1) is 19.2. The number of benzene rings is 1. The van der Waals surface area contributed by atoms with Crippen LogP contribution in [0.5, 0.6) is 0 Å². The number of nitrogens with one attached hydrogen (secondary N) is 1. The van der Waals surface area contributed by atoms with Gasteiger partial charge in [0.15, 0.2) is 5.79 Å². The van der Waals surface area contributed by atoms with Crippen molar-refractivity contribution in [2.45, 2.75) is 38.0 Å². The SMILES string of the molecule is COC(=O)[C@@]1(NC(=O)OCc2ccccc2)N=NC[C@H]1[C@H]1COC(C)(C)O1. The normalized spacial score (nSPS) is 28.7. The highest BCUT2D eigenvalue weighted by atomic mass is 16.7. The van der Waals surface area contributed by atoms with E-state index in [9.17, 15) is 9.59 Å². The van der Waals surface area contributed by atoms with Gasteiger partial charge in [0.05, 0.1) is 32.3 Å². The molecule has 1 aromatic rings. The molecule has 2 aliphatic heterocycles. The molecule has 9 heteroatoms. The van der Waals surface area contributed by atoms with Crippen LogP contribution in [0.4, 0.5) is 4.79 Å². The number of alkyl carbamates (subject to hydrolysis) is 1. The maximum absolute atomic E-state index is 12.5. The summed E-state index contributed by atoms with van der Waals surface area (Å²) in [6.07, 6.45) is -1.28. The van der Waals surface area contributed by atoms with E-state index >= 15 is 0 Å². The van der Waals surface area contributed by atoms with Crippen molar-refractivity contribution >= 4 is 12.1 Å². The predicted octanol–water partition coefficient (Wildman–Crippen LogP) is 2.02. The summed E-state index contributed by atoms with van der Waals surface area (Å²) >= 11 is 0. The number of azo groups is 1. The minimum atomic E-state index is -1.71. The highest BCUT2D eigenvalue weighted by Gasteiger charge is 2.58. The van der Waals surface area contributed by atoms with Crippen LogP contribution >= 0.6 is 0 Å². The smallest absolute Gasteiger partial charge is 0.409 e. The molecule has 0 saturated carbocycles. The Hall–Kier alpha value is -2.52. The van der Waals surface area contributed by atoms with Gasteiger partial charge in [0.2, 0.25) is 0 Å². The predicted molar refractivity (Wildman–Crippen MR) is 92.6 cm³/mol. The van der Waals surface area contributed by atoms with Crippen molar-refractivity contribution < 1.29 is 28.5 Å². The van der Waals surface area contributed by atoms with Gasteiger partial charge in [0.25, 0.3) is 5.66 Å². The maximum atomic E-state index is 12.5. The lowest BCUT2D eigenvalue weighted by Gasteiger charge is -2.32. The van der Waals surface area contributed by atoms with E-state index in [0.717, 1.165) is 5.56 Å². The first-order valence-electron chi connectivity index (χ1n) is 8.64. The summed E-state index contributed by atoms with van der Waals surface area (Å²) in [5.41, 5.74) is -0.893. The molecule has 0 aliphatic carbocycles. The van der Waals surface area contributed by atoms with Crippen LogP contribution in [0.2, 0.25) is 0 Å². The summed E-state index contributed by atoms with van der Waals surface area (Å²) in [6.45, 7) is 4.05. The van der Waals surface area contributed by atoms with Gasteiger partial charge in [-0.05, 0) is 19.4 Å².